The van der Waals surface area contributed by atoms with Gasteiger partial charge in [0.25, 0.3) is 0 Å². The van der Waals surface area contributed by atoms with Crippen molar-refractivity contribution >= 4 is 6.16 Å². The molecule has 110 valence electrons. The maximum atomic E-state index is 11.5. The molecular formula is C16H28O3. The van der Waals surface area contributed by atoms with Crippen molar-refractivity contribution in [2.75, 3.05) is 6.61 Å². The fourth-order valence-corrected chi connectivity index (χ4v) is 2.54. The van der Waals surface area contributed by atoms with Crippen molar-refractivity contribution in [2.24, 2.45) is 0 Å². The zero-order valence-corrected chi connectivity index (χ0v) is 12.1. The Morgan fingerprint density at radius 3 is 1.89 bits per heavy atom. The highest BCUT2D eigenvalue weighted by Crippen LogP contribution is 2.19. The van der Waals surface area contributed by atoms with Gasteiger partial charge in [-0.2, -0.15) is 0 Å². The first-order valence-electron chi connectivity index (χ1n) is 7.77. The highest BCUT2D eigenvalue weighted by Gasteiger charge is 2.15. The standard InChI is InChI=1S/C16H28O3/c1-2-14-18-16(17)19-15-12-10-8-6-4-3-5-7-9-11-13-15/h2,15H,1,3-14H2. The van der Waals surface area contributed by atoms with E-state index in [1.807, 2.05) is 0 Å². The lowest BCUT2D eigenvalue weighted by atomic mass is 9.99. The summed E-state index contributed by atoms with van der Waals surface area (Å²) in [5.74, 6) is 0. The third kappa shape index (κ3) is 8.68. The van der Waals surface area contributed by atoms with E-state index in [0.717, 1.165) is 25.7 Å². The minimum absolute atomic E-state index is 0.0386. The van der Waals surface area contributed by atoms with Crippen LogP contribution in [-0.2, 0) is 9.47 Å². The number of carbonyl (C=O) groups is 1. The SMILES string of the molecule is C=CCOC(=O)OC1CCCCCCCCCCC1. The first-order chi connectivity index (χ1) is 9.33. The number of carbonyl (C=O) groups excluding carboxylic acids is 1. The summed E-state index contributed by atoms with van der Waals surface area (Å²) in [6.45, 7) is 3.74. The van der Waals surface area contributed by atoms with Crippen LogP contribution in [0.2, 0.25) is 0 Å². The molecule has 3 heteroatoms. The quantitative estimate of drug-likeness (QED) is 0.534. The molecule has 0 amide bonds. The van der Waals surface area contributed by atoms with E-state index in [-0.39, 0.29) is 12.7 Å². The average molecular weight is 268 g/mol. The number of rotatable bonds is 3. The number of ether oxygens (including phenoxy) is 2. The van der Waals surface area contributed by atoms with Gasteiger partial charge < -0.3 is 9.47 Å². The molecule has 0 aromatic rings. The molecular weight excluding hydrogens is 240 g/mol. The third-order valence-corrected chi connectivity index (χ3v) is 3.63. The van der Waals surface area contributed by atoms with Gasteiger partial charge in [0.1, 0.15) is 12.7 Å². The fourth-order valence-electron chi connectivity index (χ4n) is 2.54. The Labute approximate surface area is 117 Å². The van der Waals surface area contributed by atoms with Gasteiger partial charge >= 0.3 is 6.16 Å². The summed E-state index contributed by atoms with van der Waals surface area (Å²) in [5, 5.41) is 0. The summed E-state index contributed by atoms with van der Waals surface area (Å²) in [5.41, 5.74) is 0. The molecule has 0 bridgehead atoms. The van der Waals surface area contributed by atoms with Crippen LogP contribution in [0.5, 0.6) is 0 Å². The lowest BCUT2D eigenvalue weighted by molar-refractivity contribution is 0.0218. The lowest BCUT2D eigenvalue weighted by Crippen LogP contribution is -2.19. The molecule has 0 N–H and O–H groups in total. The summed E-state index contributed by atoms with van der Waals surface area (Å²) < 4.78 is 10.3. The van der Waals surface area contributed by atoms with Crippen LogP contribution < -0.4 is 0 Å². The van der Waals surface area contributed by atoms with Crippen LogP contribution >= 0.6 is 0 Å². The molecule has 0 radical (unpaired) electrons. The van der Waals surface area contributed by atoms with E-state index in [4.69, 9.17) is 9.47 Å². The van der Waals surface area contributed by atoms with E-state index < -0.39 is 6.16 Å². The first-order valence-corrected chi connectivity index (χ1v) is 7.77. The number of hydrogen-bond acceptors (Lipinski definition) is 3. The highest BCUT2D eigenvalue weighted by molar-refractivity contribution is 5.60. The Balaban J connectivity index is 2.29. The Kier molecular flexibility index (Phi) is 9.21. The van der Waals surface area contributed by atoms with Crippen LogP contribution in [-0.4, -0.2) is 18.9 Å². The summed E-state index contributed by atoms with van der Waals surface area (Å²) in [6, 6.07) is 0. The topological polar surface area (TPSA) is 35.5 Å². The molecule has 0 aliphatic heterocycles. The Morgan fingerprint density at radius 1 is 0.947 bits per heavy atom. The predicted molar refractivity (Wildman–Crippen MR) is 77.2 cm³/mol. The van der Waals surface area contributed by atoms with Gasteiger partial charge in [-0.05, 0) is 25.7 Å². The Hall–Kier alpha value is -0.990. The van der Waals surface area contributed by atoms with Crippen molar-refractivity contribution in [3.63, 3.8) is 0 Å². The van der Waals surface area contributed by atoms with Crippen LogP contribution in [0, 0.1) is 0 Å². The molecule has 19 heavy (non-hydrogen) atoms. The first kappa shape index (κ1) is 16.1. The minimum atomic E-state index is -0.544. The Bertz CT molecular complexity index is 238. The predicted octanol–water partition coefficient (Wildman–Crippen LogP) is 5.00. The van der Waals surface area contributed by atoms with Crippen molar-refractivity contribution in [1.29, 1.82) is 0 Å². The zero-order chi connectivity index (χ0) is 13.8. The van der Waals surface area contributed by atoms with Gasteiger partial charge in [0.2, 0.25) is 0 Å². The van der Waals surface area contributed by atoms with Crippen molar-refractivity contribution in [1.82, 2.24) is 0 Å². The minimum Gasteiger partial charge on any atom is -0.431 e. The molecule has 1 rings (SSSR count). The van der Waals surface area contributed by atoms with E-state index >= 15 is 0 Å². The van der Waals surface area contributed by atoms with Crippen molar-refractivity contribution in [2.45, 2.75) is 76.7 Å². The summed E-state index contributed by atoms with van der Waals surface area (Å²) in [7, 11) is 0. The van der Waals surface area contributed by atoms with Crippen LogP contribution in [0.3, 0.4) is 0 Å². The van der Waals surface area contributed by atoms with Gasteiger partial charge in [0, 0.05) is 0 Å². The molecule has 0 heterocycles. The Morgan fingerprint density at radius 2 is 1.42 bits per heavy atom. The maximum Gasteiger partial charge on any atom is 0.508 e. The monoisotopic (exact) mass is 268 g/mol. The summed E-state index contributed by atoms with van der Waals surface area (Å²) in [6.07, 6.45) is 14.5. The van der Waals surface area contributed by atoms with Crippen LogP contribution in [0.1, 0.15) is 70.6 Å². The van der Waals surface area contributed by atoms with Gasteiger partial charge in [-0.25, -0.2) is 4.79 Å². The second kappa shape index (κ2) is 10.9. The molecule has 0 aromatic heterocycles. The van der Waals surface area contributed by atoms with Crippen LogP contribution in [0.4, 0.5) is 4.79 Å². The molecule has 1 aliphatic carbocycles. The van der Waals surface area contributed by atoms with Gasteiger partial charge in [0.05, 0.1) is 0 Å². The number of hydrogen-bond donors (Lipinski definition) is 0. The zero-order valence-electron chi connectivity index (χ0n) is 12.1. The molecule has 0 spiro atoms. The van der Waals surface area contributed by atoms with E-state index in [1.54, 1.807) is 6.08 Å². The molecule has 0 atom stereocenters. The van der Waals surface area contributed by atoms with E-state index in [9.17, 15) is 4.79 Å². The van der Waals surface area contributed by atoms with Gasteiger partial charge in [0.15, 0.2) is 0 Å². The molecule has 3 nitrogen and oxygen atoms in total. The van der Waals surface area contributed by atoms with Gasteiger partial charge in [-0.15, -0.1) is 0 Å². The van der Waals surface area contributed by atoms with Crippen molar-refractivity contribution < 1.29 is 14.3 Å². The van der Waals surface area contributed by atoms with Crippen LogP contribution in [0.25, 0.3) is 0 Å². The van der Waals surface area contributed by atoms with Crippen molar-refractivity contribution in [3.05, 3.63) is 12.7 Å². The third-order valence-electron chi connectivity index (χ3n) is 3.63. The van der Waals surface area contributed by atoms with E-state index in [1.165, 1.54) is 44.9 Å². The fraction of sp³-hybridized carbons (Fsp3) is 0.812. The molecule has 0 unspecified atom stereocenters. The second-order valence-corrected chi connectivity index (χ2v) is 5.35. The normalized spacial score (nSPS) is 19.8. The summed E-state index contributed by atoms with van der Waals surface area (Å²) in [4.78, 5) is 11.5. The maximum absolute atomic E-state index is 11.5. The van der Waals surface area contributed by atoms with Crippen LogP contribution in [0.15, 0.2) is 12.7 Å². The second-order valence-electron chi connectivity index (χ2n) is 5.35. The highest BCUT2D eigenvalue weighted by atomic mass is 16.7. The molecule has 1 fully saturated rings. The average Bonchev–Trinajstić information content (AvgIpc) is 2.39. The van der Waals surface area contributed by atoms with Crippen molar-refractivity contribution in [3.8, 4) is 0 Å². The largest absolute Gasteiger partial charge is 0.508 e. The van der Waals surface area contributed by atoms with Gasteiger partial charge in [-0.3, -0.25) is 0 Å². The van der Waals surface area contributed by atoms with E-state index in [0.29, 0.717) is 0 Å². The summed E-state index contributed by atoms with van der Waals surface area (Å²) >= 11 is 0. The molecule has 0 saturated heterocycles. The smallest absolute Gasteiger partial charge is 0.431 e. The van der Waals surface area contributed by atoms with E-state index in [2.05, 4.69) is 6.58 Å². The molecule has 1 saturated carbocycles. The lowest BCUT2D eigenvalue weighted by Gasteiger charge is -2.18. The molecule has 1 aliphatic rings. The molecule has 0 aromatic carbocycles. The van der Waals surface area contributed by atoms with Gasteiger partial charge in [-0.1, -0.05) is 57.6 Å².